The van der Waals surface area contributed by atoms with Gasteiger partial charge in [0.1, 0.15) is 5.82 Å². The van der Waals surface area contributed by atoms with Crippen molar-refractivity contribution in [2.75, 3.05) is 4.90 Å². The Kier molecular flexibility index (Phi) is 4.80. The van der Waals surface area contributed by atoms with Crippen LogP contribution in [0, 0.1) is 5.82 Å². The monoisotopic (exact) mass is 387 g/mol. The van der Waals surface area contributed by atoms with Crippen LogP contribution in [0.2, 0.25) is 5.02 Å². The molecule has 1 heterocycles. The number of hydrogen-bond donors (Lipinski definition) is 0. The van der Waals surface area contributed by atoms with Gasteiger partial charge in [-0.15, -0.1) is 0 Å². The molecule has 1 aliphatic carbocycles. The normalized spacial score (nSPS) is 20.9. The van der Waals surface area contributed by atoms with Crippen molar-refractivity contribution in [3.8, 4) is 0 Å². The number of halogens is 2. The highest BCUT2D eigenvalue weighted by atomic mass is 35.5. The fourth-order valence-corrected chi connectivity index (χ4v) is 5.44. The molecule has 2 aliphatic rings. The van der Waals surface area contributed by atoms with E-state index in [2.05, 4.69) is 0 Å². The first-order chi connectivity index (χ1) is 12.6. The summed E-state index contributed by atoms with van der Waals surface area (Å²) < 4.78 is 13.4. The number of nitrogens with zero attached hydrogens (tertiary/aromatic N) is 1. The molecule has 5 heteroatoms. The van der Waals surface area contributed by atoms with Gasteiger partial charge in [0, 0.05) is 10.7 Å². The molecule has 1 saturated carbocycles. The van der Waals surface area contributed by atoms with E-state index < -0.39 is 0 Å². The second kappa shape index (κ2) is 7.09. The molecule has 0 radical (unpaired) electrons. The van der Waals surface area contributed by atoms with Crippen molar-refractivity contribution in [2.24, 2.45) is 0 Å². The Morgan fingerprint density at radius 1 is 1.00 bits per heavy atom. The van der Waals surface area contributed by atoms with E-state index in [1.54, 1.807) is 23.9 Å². The molecule has 1 amide bonds. The topological polar surface area (TPSA) is 20.3 Å². The van der Waals surface area contributed by atoms with Gasteiger partial charge in [-0.2, -0.15) is 0 Å². The van der Waals surface area contributed by atoms with Crippen LogP contribution in [0.25, 0.3) is 6.08 Å². The molecule has 2 aromatic rings. The lowest BCUT2D eigenvalue weighted by molar-refractivity contribution is -0.114. The summed E-state index contributed by atoms with van der Waals surface area (Å²) in [5.41, 5.74) is 1.72. The number of hydrogen-bond acceptors (Lipinski definition) is 2. The molecule has 1 saturated heterocycles. The molecular formula is C21H19ClFNOS. The van der Waals surface area contributed by atoms with Crippen LogP contribution in [0.15, 0.2) is 53.4 Å². The third-order valence-electron chi connectivity index (χ3n) is 5.01. The van der Waals surface area contributed by atoms with Crippen LogP contribution in [0.5, 0.6) is 0 Å². The van der Waals surface area contributed by atoms with Crippen molar-refractivity contribution in [3.63, 3.8) is 0 Å². The van der Waals surface area contributed by atoms with Crippen LogP contribution in [-0.2, 0) is 4.79 Å². The molecule has 4 rings (SSSR count). The zero-order valence-corrected chi connectivity index (χ0v) is 15.8. The largest absolute Gasteiger partial charge is 0.292 e. The summed E-state index contributed by atoms with van der Waals surface area (Å²) in [6, 6.07) is 13.7. The van der Waals surface area contributed by atoms with E-state index in [4.69, 9.17) is 11.6 Å². The molecule has 1 spiro atoms. The smallest absolute Gasteiger partial charge is 0.265 e. The molecule has 2 nitrogen and oxygen atoms in total. The number of benzene rings is 2. The van der Waals surface area contributed by atoms with E-state index in [0.717, 1.165) is 41.8 Å². The zero-order chi connectivity index (χ0) is 18.1. The summed E-state index contributed by atoms with van der Waals surface area (Å²) in [6.45, 7) is 0. The van der Waals surface area contributed by atoms with Gasteiger partial charge in [-0.25, -0.2) is 4.39 Å². The number of carbonyl (C=O) groups is 1. The quantitative estimate of drug-likeness (QED) is 0.567. The molecule has 2 aromatic carbocycles. The maximum atomic E-state index is 13.4. The molecular weight excluding hydrogens is 369 g/mol. The maximum absolute atomic E-state index is 13.4. The van der Waals surface area contributed by atoms with Crippen LogP contribution in [-0.4, -0.2) is 10.8 Å². The van der Waals surface area contributed by atoms with Crippen LogP contribution in [0.1, 0.15) is 37.7 Å². The van der Waals surface area contributed by atoms with Gasteiger partial charge < -0.3 is 0 Å². The second-order valence-electron chi connectivity index (χ2n) is 6.79. The van der Waals surface area contributed by atoms with E-state index >= 15 is 0 Å². The summed E-state index contributed by atoms with van der Waals surface area (Å²) in [5, 5.41) is 0.675. The Bertz CT molecular complexity index is 841. The lowest BCUT2D eigenvalue weighted by atomic mass is 9.93. The van der Waals surface area contributed by atoms with Crippen molar-refractivity contribution in [1.82, 2.24) is 0 Å². The van der Waals surface area contributed by atoms with Crippen molar-refractivity contribution in [3.05, 3.63) is 69.8 Å². The highest BCUT2D eigenvalue weighted by Crippen LogP contribution is 2.54. The number of anilines is 1. The number of rotatable bonds is 2. The lowest BCUT2D eigenvalue weighted by Crippen LogP contribution is -2.45. The number of amides is 1. The fourth-order valence-electron chi connectivity index (χ4n) is 3.76. The van der Waals surface area contributed by atoms with E-state index in [9.17, 15) is 9.18 Å². The van der Waals surface area contributed by atoms with Crippen LogP contribution in [0.3, 0.4) is 0 Å². The average Bonchev–Trinajstić information content (AvgIpc) is 2.90. The first kappa shape index (κ1) is 17.6. The summed E-state index contributed by atoms with van der Waals surface area (Å²) in [4.78, 5) is 15.6. The maximum Gasteiger partial charge on any atom is 0.265 e. The fraction of sp³-hybridized carbons (Fsp3) is 0.286. The predicted molar refractivity (Wildman–Crippen MR) is 107 cm³/mol. The number of thioether (sulfide) groups is 1. The van der Waals surface area contributed by atoms with E-state index in [1.165, 1.54) is 18.6 Å². The zero-order valence-electron chi connectivity index (χ0n) is 14.3. The van der Waals surface area contributed by atoms with Gasteiger partial charge >= 0.3 is 0 Å². The number of carbonyl (C=O) groups excluding carboxylic acids is 1. The summed E-state index contributed by atoms with van der Waals surface area (Å²) in [6.07, 6.45) is 7.25. The molecule has 2 fully saturated rings. The van der Waals surface area contributed by atoms with Crippen molar-refractivity contribution in [1.29, 1.82) is 0 Å². The average molecular weight is 388 g/mol. The first-order valence-corrected chi connectivity index (χ1v) is 10.0. The molecule has 0 bridgehead atoms. The minimum atomic E-state index is -0.289. The molecule has 1 aliphatic heterocycles. The molecule has 0 N–H and O–H groups in total. The third-order valence-corrected chi connectivity index (χ3v) is 6.74. The minimum absolute atomic E-state index is 0.00143. The highest BCUT2D eigenvalue weighted by Gasteiger charge is 2.50. The molecule has 0 unspecified atom stereocenters. The summed E-state index contributed by atoms with van der Waals surface area (Å²) in [7, 11) is 0. The van der Waals surface area contributed by atoms with Gasteiger partial charge in [0.05, 0.1) is 9.78 Å². The molecule has 0 atom stereocenters. The Balaban J connectivity index is 1.74. The Labute approximate surface area is 162 Å². The third kappa shape index (κ3) is 3.28. The Morgan fingerprint density at radius 3 is 2.31 bits per heavy atom. The van der Waals surface area contributed by atoms with Crippen LogP contribution >= 0.6 is 23.4 Å². The summed E-state index contributed by atoms with van der Waals surface area (Å²) in [5.74, 6) is -0.291. The first-order valence-electron chi connectivity index (χ1n) is 8.84. The van der Waals surface area contributed by atoms with Gasteiger partial charge in [0.15, 0.2) is 0 Å². The minimum Gasteiger partial charge on any atom is -0.292 e. The van der Waals surface area contributed by atoms with Crippen LogP contribution in [0.4, 0.5) is 10.1 Å². The van der Waals surface area contributed by atoms with Gasteiger partial charge in [-0.05, 0) is 60.9 Å². The summed E-state index contributed by atoms with van der Waals surface area (Å²) >= 11 is 7.62. The van der Waals surface area contributed by atoms with E-state index in [0.29, 0.717) is 5.02 Å². The second-order valence-corrected chi connectivity index (χ2v) is 8.63. The Morgan fingerprint density at radius 2 is 1.65 bits per heavy atom. The molecule has 26 heavy (non-hydrogen) atoms. The van der Waals surface area contributed by atoms with Gasteiger partial charge in [0.2, 0.25) is 0 Å². The Hall–Kier alpha value is -1.78. The predicted octanol–water partition coefficient (Wildman–Crippen LogP) is 6.26. The van der Waals surface area contributed by atoms with Crippen molar-refractivity contribution >= 4 is 41.0 Å². The highest BCUT2D eigenvalue weighted by molar-refractivity contribution is 8.06. The SMILES string of the molecule is O=C1/C(=C\c2ccc(Cl)cc2)SC2(CCCCC2)N1c1ccc(F)cc1. The van der Waals surface area contributed by atoms with Crippen molar-refractivity contribution < 1.29 is 9.18 Å². The standard InChI is InChI=1S/C21H19ClFNOS/c22-16-6-4-15(5-7-16)14-19-20(25)24(18-10-8-17(23)9-11-18)21(26-19)12-2-1-3-13-21/h4-11,14H,1-3,12-13H2/b19-14+. The van der Waals surface area contributed by atoms with E-state index in [1.807, 2.05) is 35.2 Å². The van der Waals surface area contributed by atoms with Crippen LogP contribution < -0.4 is 4.90 Å². The van der Waals surface area contributed by atoms with Crippen molar-refractivity contribution in [2.45, 2.75) is 37.0 Å². The molecule has 0 aromatic heterocycles. The van der Waals surface area contributed by atoms with E-state index in [-0.39, 0.29) is 16.6 Å². The lowest BCUT2D eigenvalue weighted by Gasteiger charge is -2.40. The van der Waals surface area contributed by atoms with Gasteiger partial charge in [-0.1, -0.05) is 54.8 Å². The molecule has 134 valence electrons. The van der Waals surface area contributed by atoms with Gasteiger partial charge in [-0.3, -0.25) is 9.69 Å². The van der Waals surface area contributed by atoms with Gasteiger partial charge in [0.25, 0.3) is 5.91 Å².